The second kappa shape index (κ2) is 4.66. The summed E-state index contributed by atoms with van der Waals surface area (Å²) < 4.78 is 0. The fourth-order valence-corrected chi connectivity index (χ4v) is 3.11. The summed E-state index contributed by atoms with van der Waals surface area (Å²) in [6.45, 7) is 4.43. The van der Waals surface area contributed by atoms with E-state index in [1.165, 1.54) is 4.88 Å². The summed E-state index contributed by atoms with van der Waals surface area (Å²) >= 11 is 1.76. The topological polar surface area (TPSA) is 49.0 Å². The highest BCUT2D eigenvalue weighted by molar-refractivity contribution is 7.09. The monoisotopic (exact) mass is 261 g/mol. The van der Waals surface area contributed by atoms with Gasteiger partial charge < -0.3 is 4.98 Å². The molecule has 2 aromatic heterocycles. The van der Waals surface area contributed by atoms with Crippen molar-refractivity contribution in [2.45, 2.75) is 26.4 Å². The number of thiophene rings is 1. The summed E-state index contributed by atoms with van der Waals surface area (Å²) in [6, 6.07) is 4.20. The van der Waals surface area contributed by atoms with Crippen LogP contribution in [0.2, 0.25) is 0 Å². The van der Waals surface area contributed by atoms with Crippen LogP contribution in [0, 0.1) is 6.92 Å². The van der Waals surface area contributed by atoms with Crippen molar-refractivity contribution in [3.63, 3.8) is 0 Å². The maximum atomic E-state index is 11.9. The Morgan fingerprint density at radius 1 is 1.56 bits per heavy atom. The summed E-state index contributed by atoms with van der Waals surface area (Å²) in [5, 5.41) is 2.09. The minimum atomic E-state index is 0.0216. The van der Waals surface area contributed by atoms with Gasteiger partial charge in [-0.2, -0.15) is 0 Å². The van der Waals surface area contributed by atoms with Crippen LogP contribution in [0.3, 0.4) is 0 Å². The summed E-state index contributed by atoms with van der Waals surface area (Å²) in [7, 11) is 0. The van der Waals surface area contributed by atoms with Crippen LogP contribution in [0.15, 0.2) is 22.3 Å². The zero-order valence-corrected chi connectivity index (χ0v) is 11.1. The lowest BCUT2D eigenvalue weighted by molar-refractivity contribution is 0.243. The summed E-state index contributed by atoms with van der Waals surface area (Å²) in [6.07, 6.45) is 0.867. The Hall–Kier alpha value is -1.46. The van der Waals surface area contributed by atoms with Gasteiger partial charge in [-0.1, -0.05) is 6.07 Å². The van der Waals surface area contributed by atoms with E-state index in [-0.39, 0.29) is 5.56 Å². The third-order valence-corrected chi connectivity index (χ3v) is 4.09. The number of aryl methyl sites for hydroxylation is 1. The number of fused-ring (bicyclic) bond motifs is 1. The molecule has 1 N–H and O–H groups in total. The first-order valence-electron chi connectivity index (χ1n) is 6.06. The van der Waals surface area contributed by atoms with Crippen molar-refractivity contribution in [3.8, 4) is 0 Å². The molecule has 1 aliphatic heterocycles. The number of aromatic nitrogens is 2. The average Bonchev–Trinajstić information content (AvgIpc) is 2.83. The molecule has 0 aromatic carbocycles. The molecule has 0 saturated carbocycles. The molecule has 0 spiro atoms. The van der Waals surface area contributed by atoms with Gasteiger partial charge in [-0.3, -0.25) is 9.69 Å². The average molecular weight is 261 g/mol. The van der Waals surface area contributed by atoms with E-state index in [0.29, 0.717) is 12.4 Å². The maximum absolute atomic E-state index is 11.9. The lowest BCUT2D eigenvalue weighted by Crippen LogP contribution is -2.35. The number of nitrogens with zero attached hydrogens (tertiary/aromatic N) is 2. The Labute approximate surface area is 109 Å². The van der Waals surface area contributed by atoms with Gasteiger partial charge in [0.05, 0.1) is 11.3 Å². The summed E-state index contributed by atoms with van der Waals surface area (Å²) in [5.74, 6) is 0.713. The van der Waals surface area contributed by atoms with Crippen molar-refractivity contribution in [2.75, 3.05) is 6.54 Å². The predicted octanol–water partition coefficient (Wildman–Crippen LogP) is 1.70. The van der Waals surface area contributed by atoms with E-state index in [2.05, 4.69) is 32.4 Å². The molecule has 1 aliphatic rings. The van der Waals surface area contributed by atoms with Gasteiger partial charge in [-0.05, 0) is 18.4 Å². The molecule has 4 nitrogen and oxygen atoms in total. The van der Waals surface area contributed by atoms with Crippen molar-refractivity contribution in [3.05, 3.63) is 49.8 Å². The summed E-state index contributed by atoms with van der Waals surface area (Å²) in [5.41, 5.74) is 1.83. The lowest BCUT2D eigenvalue weighted by Gasteiger charge is -2.27. The molecule has 2 aromatic rings. The summed E-state index contributed by atoms with van der Waals surface area (Å²) in [4.78, 5) is 22.8. The lowest BCUT2D eigenvalue weighted by atomic mass is 10.1. The van der Waals surface area contributed by atoms with Crippen LogP contribution < -0.4 is 5.56 Å². The highest BCUT2D eigenvalue weighted by Gasteiger charge is 2.20. The molecule has 5 heteroatoms. The van der Waals surface area contributed by atoms with Crippen LogP contribution in [0.25, 0.3) is 0 Å². The second-order valence-corrected chi connectivity index (χ2v) is 5.65. The number of hydrogen-bond acceptors (Lipinski definition) is 4. The highest BCUT2D eigenvalue weighted by atomic mass is 32.1. The van der Waals surface area contributed by atoms with Crippen LogP contribution in [0.4, 0.5) is 0 Å². The fourth-order valence-electron chi connectivity index (χ4n) is 2.36. The first kappa shape index (κ1) is 11.6. The molecule has 0 atom stereocenters. The molecule has 0 bridgehead atoms. The van der Waals surface area contributed by atoms with E-state index in [0.717, 1.165) is 30.8 Å². The Morgan fingerprint density at radius 2 is 2.44 bits per heavy atom. The van der Waals surface area contributed by atoms with Crippen LogP contribution in [0.1, 0.15) is 22.0 Å². The fraction of sp³-hybridized carbons (Fsp3) is 0.385. The normalized spacial score (nSPS) is 15.6. The van der Waals surface area contributed by atoms with Crippen molar-refractivity contribution in [1.29, 1.82) is 0 Å². The third-order valence-electron chi connectivity index (χ3n) is 3.23. The number of H-pyrrole nitrogens is 1. The van der Waals surface area contributed by atoms with Gasteiger partial charge >= 0.3 is 0 Å². The van der Waals surface area contributed by atoms with Gasteiger partial charge in [0, 0.05) is 30.9 Å². The molecule has 0 unspecified atom stereocenters. The Morgan fingerprint density at radius 3 is 3.22 bits per heavy atom. The van der Waals surface area contributed by atoms with E-state index in [1.807, 2.05) is 6.92 Å². The van der Waals surface area contributed by atoms with Gasteiger partial charge in [0.15, 0.2) is 0 Å². The molecule has 3 heterocycles. The SMILES string of the molecule is Cc1nc2c(c(=O)[nH]1)CN(Cc1cccs1)CC2. The van der Waals surface area contributed by atoms with Crippen molar-refractivity contribution in [1.82, 2.24) is 14.9 Å². The molecule has 0 fully saturated rings. The third kappa shape index (κ3) is 2.23. The quantitative estimate of drug-likeness (QED) is 0.895. The molecule has 3 rings (SSSR count). The van der Waals surface area contributed by atoms with Crippen molar-refractivity contribution < 1.29 is 0 Å². The molecule has 0 saturated heterocycles. The molecular formula is C13H15N3OS. The molecule has 0 amide bonds. The van der Waals surface area contributed by atoms with Crippen LogP contribution in [-0.4, -0.2) is 21.4 Å². The van der Waals surface area contributed by atoms with Crippen LogP contribution >= 0.6 is 11.3 Å². The van der Waals surface area contributed by atoms with E-state index in [4.69, 9.17) is 0 Å². The Balaban J connectivity index is 1.83. The molecule has 0 aliphatic carbocycles. The zero-order chi connectivity index (χ0) is 12.5. The molecule has 0 radical (unpaired) electrons. The van der Waals surface area contributed by atoms with E-state index in [1.54, 1.807) is 11.3 Å². The smallest absolute Gasteiger partial charge is 0.255 e. The predicted molar refractivity (Wildman–Crippen MR) is 71.7 cm³/mol. The standard InChI is InChI=1S/C13H15N3OS/c1-9-14-12-4-5-16(7-10-3-2-6-18-10)8-11(12)13(17)15-9/h2-3,6H,4-5,7-8H2,1H3,(H,14,15,17). The Bertz CT molecular complexity index is 603. The molecule has 18 heavy (non-hydrogen) atoms. The molecule has 94 valence electrons. The number of nitrogens with one attached hydrogen (secondary N) is 1. The minimum absolute atomic E-state index is 0.0216. The number of hydrogen-bond donors (Lipinski definition) is 1. The van der Waals surface area contributed by atoms with Crippen molar-refractivity contribution >= 4 is 11.3 Å². The van der Waals surface area contributed by atoms with E-state index in [9.17, 15) is 4.79 Å². The van der Waals surface area contributed by atoms with Crippen LogP contribution in [-0.2, 0) is 19.5 Å². The van der Waals surface area contributed by atoms with Gasteiger partial charge in [0.25, 0.3) is 5.56 Å². The Kier molecular flexibility index (Phi) is 3.01. The maximum Gasteiger partial charge on any atom is 0.255 e. The van der Waals surface area contributed by atoms with E-state index >= 15 is 0 Å². The van der Waals surface area contributed by atoms with Gasteiger partial charge in [-0.15, -0.1) is 11.3 Å². The first-order valence-corrected chi connectivity index (χ1v) is 6.94. The van der Waals surface area contributed by atoms with Gasteiger partial charge in [0.2, 0.25) is 0 Å². The largest absolute Gasteiger partial charge is 0.310 e. The zero-order valence-electron chi connectivity index (χ0n) is 10.3. The second-order valence-electron chi connectivity index (χ2n) is 4.62. The van der Waals surface area contributed by atoms with Crippen LogP contribution in [0.5, 0.6) is 0 Å². The molecular weight excluding hydrogens is 246 g/mol. The highest BCUT2D eigenvalue weighted by Crippen LogP contribution is 2.18. The number of rotatable bonds is 2. The number of aromatic amines is 1. The van der Waals surface area contributed by atoms with Gasteiger partial charge in [0.1, 0.15) is 5.82 Å². The van der Waals surface area contributed by atoms with Crippen molar-refractivity contribution in [2.24, 2.45) is 0 Å². The van der Waals surface area contributed by atoms with E-state index < -0.39 is 0 Å². The van der Waals surface area contributed by atoms with Gasteiger partial charge in [-0.25, -0.2) is 4.98 Å². The first-order chi connectivity index (χ1) is 8.72. The minimum Gasteiger partial charge on any atom is -0.310 e.